The van der Waals surface area contributed by atoms with Gasteiger partial charge in [-0.1, -0.05) is 24.3 Å². The van der Waals surface area contributed by atoms with Crippen LogP contribution in [0.2, 0.25) is 0 Å². The highest BCUT2D eigenvalue weighted by Gasteiger charge is 2.24. The Labute approximate surface area is 113 Å². The van der Waals surface area contributed by atoms with E-state index >= 15 is 0 Å². The first-order valence-electron chi connectivity index (χ1n) is 6.36. The molecule has 0 saturated heterocycles. The van der Waals surface area contributed by atoms with Crippen LogP contribution >= 0.6 is 0 Å². The van der Waals surface area contributed by atoms with Crippen LogP contribution in [0.3, 0.4) is 0 Å². The highest BCUT2D eigenvalue weighted by molar-refractivity contribution is 5.87. The Hall–Kier alpha value is -1.88. The van der Waals surface area contributed by atoms with Crippen molar-refractivity contribution in [1.29, 1.82) is 0 Å². The molecule has 1 aliphatic heterocycles. The van der Waals surface area contributed by atoms with Crippen LogP contribution in [0.25, 0.3) is 0 Å². The van der Waals surface area contributed by atoms with Gasteiger partial charge >= 0.3 is 0 Å². The zero-order chi connectivity index (χ0) is 13.8. The maximum atomic E-state index is 12.0. The molecule has 1 unspecified atom stereocenters. The summed E-state index contributed by atoms with van der Waals surface area (Å²) in [6, 6.07) is 7.82. The monoisotopic (exact) mass is 261 g/mol. The highest BCUT2D eigenvalue weighted by Crippen LogP contribution is 2.16. The van der Waals surface area contributed by atoms with Crippen molar-refractivity contribution in [3.8, 4) is 0 Å². The minimum Gasteiger partial charge on any atom is -0.347 e. The minimum atomic E-state index is -0.259. The Kier molecular flexibility index (Phi) is 4.16. The summed E-state index contributed by atoms with van der Waals surface area (Å²) in [4.78, 5) is 24.9. The number of likely N-dealkylation sites (N-methyl/N-ethyl adjacent to an activating group) is 1. The van der Waals surface area contributed by atoms with Crippen molar-refractivity contribution < 1.29 is 9.59 Å². The quantitative estimate of drug-likeness (QED) is 0.799. The van der Waals surface area contributed by atoms with Crippen LogP contribution in [-0.2, 0) is 22.6 Å². The summed E-state index contributed by atoms with van der Waals surface area (Å²) >= 11 is 0. The third kappa shape index (κ3) is 3.32. The number of rotatable bonds is 3. The number of hydrogen-bond acceptors (Lipinski definition) is 3. The van der Waals surface area contributed by atoms with Crippen LogP contribution in [0.5, 0.6) is 0 Å². The molecule has 5 heteroatoms. The number of carbonyl (C=O) groups excluding carboxylic acids is 2. The van der Waals surface area contributed by atoms with Crippen LogP contribution in [0.15, 0.2) is 24.3 Å². The largest absolute Gasteiger partial charge is 0.347 e. The number of amides is 2. The second-order valence-electron chi connectivity index (χ2n) is 4.91. The molecule has 1 atom stereocenters. The summed E-state index contributed by atoms with van der Waals surface area (Å²) in [5.74, 6) is -0.228. The lowest BCUT2D eigenvalue weighted by Gasteiger charge is -2.25. The summed E-state index contributed by atoms with van der Waals surface area (Å²) in [5, 5.41) is 5.86. The zero-order valence-electron chi connectivity index (χ0n) is 11.3. The molecule has 19 heavy (non-hydrogen) atoms. The second kappa shape index (κ2) is 5.84. The molecule has 0 spiro atoms. The maximum Gasteiger partial charge on any atom is 0.241 e. The van der Waals surface area contributed by atoms with Crippen molar-refractivity contribution in [3.05, 3.63) is 35.4 Å². The molecule has 2 amide bonds. The van der Waals surface area contributed by atoms with E-state index in [1.165, 1.54) is 16.0 Å². The number of hydrogen-bond donors (Lipinski definition) is 2. The normalized spacial score (nSPS) is 17.5. The fourth-order valence-corrected chi connectivity index (χ4v) is 2.08. The lowest BCUT2D eigenvalue weighted by Crippen LogP contribution is -2.49. The number of benzene rings is 1. The predicted octanol–water partition coefficient (Wildman–Crippen LogP) is -0.0947. The Bertz CT molecular complexity index is 485. The molecule has 0 bridgehead atoms. The first-order valence-corrected chi connectivity index (χ1v) is 6.36. The van der Waals surface area contributed by atoms with Gasteiger partial charge in [0.05, 0.1) is 12.6 Å². The van der Waals surface area contributed by atoms with Gasteiger partial charge in [0.15, 0.2) is 0 Å². The lowest BCUT2D eigenvalue weighted by molar-refractivity contribution is -0.131. The van der Waals surface area contributed by atoms with Crippen LogP contribution < -0.4 is 10.6 Å². The molecule has 2 N–H and O–H groups in total. The molecule has 102 valence electrons. The zero-order valence-corrected chi connectivity index (χ0v) is 11.3. The number of nitrogens with one attached hydrogen (secondary N) is 2. The summed E-state index contributed by atoms with van der Waals surface area (Å²) in [6.07, 6.45) is 0.665. The summed E-state index contributed by atoms with van der Waals surface area (Å²) in [6.45, 7) is 0.738. The number of fused-ring (bicyclic) bond motifs is 1. The summed E-state index contributed by atoms with van der Waals surface area (Å²) < 4.78 is 0. The molecule has 5 nitrogen and oxygen atoms in total. The first-order chi connectivity index (χ1) is 9.08. The fraction of sp³-hybridized carbons (Fsp3) is 0.429. The third-order valence-corrected chi connectivity index (χ3v) is 3.31. The van der Waals surface area contributed by atoms with E-state index in [0.29, 0.717) is 13.0 Å². The Balaban J connectivity index is 1.90. The van der Waals surface area contributed by atoms with Gasteiger partial charge in [-0.05, 0) is 17.5 Å². The van der Waals surface area contributed by atoms with Crippen LogP contribution in [0.4, 0.5) is 0 Å². The third-order valence-electron chi connectivity index (χ3n) is 3.31. The second-order valence-corrected chi connectivity index (χ2v) is 4.91. The molecule has 0 fully saturated rings. The molecular weight excluding hydrogens is 242 g/mol. The Morgan fingerprint density at radius 2 is 2.00 bits per heavy atom. The minimum absolute atomic E-state index is 0.0473. The van der Waals surface area contributed by atoms with Crippen molar-refractivity contribution in [2.45, 2.75) is 19.0 Å². The van der Waals surface area contributed by atoms with E-state index in [1.54, 1.807) is 14.1 Å². The average Bonchev–Trinajstić information content (AvgIpc) is 2.43. The molecule has 1 aliphatic rings. The topological polar surface area (TPSA) is 61.4 Å². The van der Waals surface area contributed by atoms with E-state index in [4.69, 9.17) is 0 Å². The van der Waals surface area contributed by atoms with Gasteiger partial charge < -0.3 is 15.5 Å². The SMILES string of the molecule is CN(C)C(=O)CNC(=O)C1Cc2ccccc2CN1. The van der Waals surface area contributed by atoms with E-state index in [1.807, 2.05) is 18.2 Å². The molecule has 0 saturated carbocycles. The standard InChI is InChI=1S/C14H19N3O2/c1-17(2)13(18)9-16-14(19)12-7-10-5-3-4-6-11(10)8-15-12/h3-6,12,15H,7-9H2,1-2H3,(H,16,19). The van der Waals surface area contributed by atoms with Crippen molar-refractivity contribution in [2.75, 3.05) is 20.6 Å². The van der Waals surface area contributed by atoms with Gasteiger partial charge in [-0.3, -0.25) is 9.59 Å². The molecule has 1 aromatic rings. The van der Waals surface area contributed by atoms with Gasteiger partial charge in [0.2, 0.25) is 11.8 Å². The molecule has 1 heterocycles. The van der Waals surface area contributed by atoms with Crippen molar-refractivity contribution in [1.82, 2.24) is 15.5 Å². The van der Waals surface area contributed by atoms with E-state index in [0.717, 1.165) is 0 Å². The number of nitrogens with zero attached hydrogens (tertiary/aromatic N) is 1. The molecule has 0 aliphatic carbocycles. The summed E-state index contributed by atoms with van der Waals surface area (Å²) in [5.41, 5.74) is 2.43. The molecule has 2 rings (SSSR count). The highest BCUT2D eigenvalue weighted by atomic mass is 16.2. The first kappa shape index (κ1) is 13.5. The smallest absolute Gasteiger partial charge is 0.241 e. The van der Waals surface area contributed by atoms with Crippen molar-refractivity contribution in [3.63, 3.8) is 0 Å². The Morgan fingerprint density at radius 3 is 2.68 bits per heavy atom. The van der Waals surface area contributed by atoms with E-state index in [9.17, 15) is 9.59 Å². The Morgan fingerprint density at radius 1 is 1.32 bits per heavy atom. The van der Waals surface area contributed by atoms with Gasteiger partial charge in [-0.15, -0.1) is 0 Å². The number of carbonyl (C=O) groups is 2. The van der Waals surface area contributed by atoms with Gasteiger partial charge in [0.25, 0.3) is 0 Å². The maximum absolute atomic E-state index is 12.0. The van der Waals surface area contributed by atoms with Crippen LogP contribution in [0.1, 0.15) is 11.1 Å². The average molecular weight is 261 g/mol. The van der Waals surface area contributed by atoms with Gasteiger partial charge in [-0.2, -0.15) is 0 Å². The van der Waals surface area contributed by atoms with Gasteiger partial charge in [0.1, 0.15) is 0 Å². The van der Waals surface area contributed by atoms with Crippen molar-refractivity contribution >= 4 is 11.8 Å². The van der Waals surface area contributed by atoms with E-state index in [-0.39, 0.29) is 24.4 Å². The molecule has 0 aromatic heterocycles. The van der Waals surface area contributed by atoms with Gasteiger partial charge in [-0.25, -0.2) is 0 Å². The van der Waals surface area contributed by atoms with Crippen molar-refractivity contribution in [2.24, 2.45) is 0 Å². The predicted molar refractivity (Wildman–Crippen MR) is 72.5 cm³/mol. The fourth-order valence-electron chi connectivity index (χ4n) is 2.08. The molecule has 0 radical (unpaired) electrons. The van der Waals surface area contributed by atoms with Crippen LogP contribution in [0, 0.1) is 0 Å². The van der Waals surface area contributed by atoms with E-state index < -0.39 is 0 Å². The van der Waals surface area contributed by atoms with Crippen LogP contribution in [-0.4, -0.2) is 43.4 Å². The van der Waals surface area contributed by atoms with E-state index in [2.05, 4.69) is 16.7 Å². The summed E-state index contributed by atoms with van der Waals surface area (Å²) in [7, 11) is 3.34. The molecular formula is C14H19N3O2. The molecule has 1 aromatic carbocycles. The van der Waals surface area contributed by atoms with Gasteiger partial charge in [0, 0.05) is 20.6 Å². The lowest BCUT2D eigenvalue weighted by atomic mass is 9.95.